The number of hydrogen-bond acceptors (Lipinski definition) is 13. The first-order valence-corrected chi connectivity index (χ1v) is 19.0. The number of fused-ring (bicyclic) bond motifs is 14. The summed E-state index contributed by atoms with van der Waals surface area (Å²) in [6, 6.07) is 4.37. The summed E-state index contributed by atoms with van der Waals surface area (Å²) in [6.07, 6.45) is 3.95. The van der Waals surface area contributed by atoms with Gasteiger partial charge in [0.1, 0.15) is 23.4 Å². The number of ketones is 3. The molecule has 1 aliphatic carbocycles. The van der Waals surface area contributed by atoms with Gasteiger partial charge in [-0.25, -0.2) is 9.18 Å². The van der Waals surface area contributed by atoms with Gasteiger partial charge in [0.2, 0.25) is 5.78 Å². The van der Waals surface area contributed by atoms with Gasteiger partial charge in [0.05, 0.1) is 52.5 Å². The molecule has 0 saturated carbocycles. The van der Waals surface area contributed by atoms with Crippen LogP contribution >= 0.6 is 0 Å². The fourth-order valence-corrected chi connectivity index (χ4v) is 7.47. The van der Waals surface area contributed by atoms with Gasteiger partial charge in [-0.3, -0.25) is 24.0 Å². The lowest BCUT2D eigenvalue weighted by Crippen LogP contribution is -2.46. The van der Waals surface area contributed by atoms with Crippen molar-refractivity contribution in [2.45, 2.75) is 85.6 Å². The van der Waals surface area contributed by atoms with Gasteiger partial charge in [-0.05, 0) is 44.2 Å². The highest BCUT2D eigenvalue weighted by Gasteiger charge is 2.52. The summed E-state index contributed by atoms with van der Waals surface area (Å²) in [5.74, 6) is -11.2. The SMILES string of the molecule is CO[C@H]1/C=C/O[C@@]2(C)Oc3c(C)c(OC(=O)c4ccc(F)cc4)c4c(c3C2=O)C(=O)C=C(NC(=O)/C(C)=C\C=C\[C@H](C)[C@H](O)[C@@H](C)[C@@H](O)[C@@H](C)[C@H](OC(C)=O)[C@@H]1C)C4=O. The molecule has 314 valence electrons. The second-order valence-electron chi connectivity index (χ2n) is 15.3. The Balaban J connectivity index is 1.65. The van der Waals surface area contributed by atoms with Crippen molar-refractivity contribution >= 4 is 35.2 Å². The van der Waals surface area contributed by atoms with Crippen LogP contribution in [0, 0.1) is 36.4 Å². The van der Waals surface area contributed by atoms with Crippen molar-refractivity contribution in [2.75, 3.05) is 7.11 Å². The van der Waals surface area contributed by atoms with Gasteiger partial charge in [0, 0.05) is 61.8 Å². The first-order valence-electron chi connectivity index (χ1n) is 19.0. The van der Waals surface area contributed by atoms with E-state index in [0.717, 1.165) is 36.6 Å². The molecule has 3 aliphatic heterocycles. The number of aliphatic hydroxyl groups excluding tert-OH is 2. The van der Waals surface area contributed by atoms with Crippen LogP contribution in [0.1, 0.15) is 95.5 Å². The zero-order chi connectivity index (χ0) is 43.7. The monoisotopic (exact) mass is 817 g/mol. The average Bonchev–Trinajstić information content (AvgIpc) is 3.46. The third-order valence-electron chi connectivity index (χ3n) is 11.1. The first kappa shape index (κ1) is 44.3. The predicted octanol–water partition coefficient (Wildman–Crippen LogP) is 5.28. The van der Waals surface area contributed by atoms with Gasteiger partial charge >= 0.3 is 17.7 Å². The molecule has 2 aromatic rings. The third-order valence-corrected chi connectivity index (χ3v) is 11.1. The Bertz CT molecular complexity index is 2190. The van der Waals surface area contributed by atoms with Crippen molar-refractivity contribution in [3.8, 4) is 11.5 Å². The van der Waals surface area contributed by atoms with Crippen LogP contribution in [0.5, 0.6) is 11.5 Å². The minimum absolute atomic E-state index is 0.0370. The van der Waals surface area contributed by atoms with Crippen molar-refractivity contribution in [3.63, 3.8) is 0 Å². The number of esters is 2. The average molecular weight is 818 g/mol. The molecule has 4 aliphatic rings. The quantitative estimate of drug-likeness (QED) is 0.266. The van der Waals surface area contributed by atoms with E-state index >= 15 is 0 Å². The van der Waals surface area contributed by atoms with E-state index in [1.165, 1.54) is 53.0 Å². The number of nitrogens with one attached hydrogen (secondary N) is 1. The highest BCUT2D eigenvalue weighted by Crippen LogP contribution is 2.48. The number of carbonyl (C=O) groups is 6. The van der Waals surface area contributed by atoms with Crippen LogP contribution in [-0.4, -0.2) is 82.7 Å². The normalized spacial score (nSPS) is 30.8. The fraction of sp³-hybridized carbons (Fsp3) is 0.409. The number of benzene rings is 2. The van der Waals surface area contributed by atoms with Gasteiger partial charge in [-0.15, -0.1) is 0 Å². The van der Waals surface area contributed by atoms with Crippen molar-refractivity contribution in [2.24, 2.45) is 23.7 Å². The highest BCUT2D eigenvalue weighted by molar-refractivity contribution is 6.31. The van der Waals surface area contributed by atoms with Crippen LogP contribution in [0.15, 0.2) is 72.2 Å². The smallest absolute Gasteiger partial charge is 0.343 e. The standard InChI is InChI=1S/C44H48FNO13/c1-20-11-10-12-21(2)42(53)46-29-19-30(48)32-33(37(29)51)39(58-43(54)27-13-15-28(45)16-14-27)25(6)40-34(32)41(52)44(8,59-40)56-18-17-31(55-9)22(3)38(57-26(7)47)24(5)36(50)23(4)35(20)49/h10-20,22-24,31,35-36,38,49-50H,1-9H3,(H,46,53)/b11-10+,18-17+,21-12-/t20-,22+,23+,24+,31-,35-,36+,38+,44-/m0/s1. The summed E-state index contributed by atoms with van der Waals surface area (Å²) in [7, 11) is 1.40. The molecule has 6 rings (SSSR count). The molecule has 0 spiro atoms. The fourth-order valence-electron chi connectivity index (χ4n) is 7.47. The largest absolute Gasteiger partial charge is 0.462 e. The number of carbonyl (C=O) groups excluding carboxylic acids is 6. The Kier molecular flexibility index (Phi) is 13.2. The zero-order valence-electron chi connectivity index (χ0n) is 34.2. The van der Waals surface area contributed by atoms with E-state index in [2.05, 4.69) is 5.32 Å². The number of hydrogen-bond donors (Lipinski definition) is 3. The predicted molar refractivity (Wildman–Crippen MR) is 209 cm³/mol. The lowest BCUT2D eigenvalue weighted by molar-refractivity contribution is -0.160. The Morgan fingerprint density at radius 2 is 1.56 bits per heavy atom. The molecular formula is C44H48FNO13. The number of Topliss-reactive ketones (excluding diaryl/α,β-unsaturated/α-hetero) is 2. The number of ether oxygens (including phenoxy) is 5. The van der Waals surface area contributed by atoms with Crippen LogP contribution < -0.4 is 14.8 Å². The summed E-state index contributed by atoms with van der Waals surface area (Å²) >= 11 is 0. The lowest BCUT2D eigenvalue weighted by atomic mass is 9.78. The number of aliphatic hydroxyl groups is 2. The van der Waals surface area contributed by atoms with Crippen molar-refractivity contribution in [1.82, 2.24) is 5.32 Å². The van der Waals surface area contributed by atoms with E-state index in [1.54, 1.807) is 33.8 Å². The molecular weight excluding hydrogens is 769 g/mol. The summed E-state index contributed by atoms with van der Waals surface area (Å²) in [5.41, 5.74) is -1.80. The minimum Gasteiger partial charge on any atom is -0.462 e. The second kappa shape index (κ2) is 17.6. The zero-order valence-corrected chi connectivity index (χ0v) is 34.2. The molecule has 0 fully saturated rings. The Morgan fingerprint density at radius 1 is 0.898 bits per heavy atom. The van der Waals surface area contributed by atoms with Crippen LogP contribution in [0.2, 0.25) is 0 Å². The van der Waals surface area contributed by atoms with Crippen LogP contribution in [0.3, 0.4) is 0 Å². The van der Waals surface area contributed by atoms with Gasteiger partial charge in [0.15, 0.2) is 5.78 Å². The Labute approximate surface area is 340 Å². The Hall–Kier alpha value is -5.77. The molecule has 3 heterocycles. The van der Waals surface area contributed by atoms with Crippen molar-refractivity contribution < 1.29 is 67.1 Å². The number of halogens is 1. The maximum Gasteiger partial charge on any atom is 0.343 e. The topological polar surface area (TPSA) is 201 Å². The second-order valence-corrected chi connectivity index (χ2v) is 15.3. The number of rotatable bonds is 4. The summed E-state index contributed by atoms with van der Waals surface area (Å²) in [4.78, 5) is 81.7. The van der Waals surface area contributed by atoms with E-state index < -0.39 is 117 Å². The molecule has 0 unspecified atom stereocenters. The maximum absolute atomic E-state index is 14.3. The first-order chi connectivity index (χ1) is 27.7. The molecule has 9 atom stereocenters. The van der Waals surface area contributed by atoms with Crippen LogP contribution in [-0.2, 0) is 23.8 Å². The number of methoxy groups -OCH3 is 1. The summed E-state index contributed by atoms with van der Waals surface area (Å²) in [6.45, 7) is 12.1. The van der Waals surface area contributed by atoms with Gasteiger partial charge in [-0.2, -0.15) is 0 Å². The molecule has 14 nitrogen and oxygen atoms in total. The Morgan fingerprint density at radius 3 is 2.19 bits per heavy atom. The lowest BCUT2D eigenvalue weighted by Gasteiger charge is -2.38. The molecule has 0 saturated heterocycles. The van der Waals surface area contributed by atoms with Crippen LogP contribution in [0.4, 0.5) is 4.39 Å². The molecule has 1 amide bonds. The third kappa shape index (κ3) is 8.82. The minimum atomic E-state index is -2.15. The molecule has 59 heavy (non-hydrogen) atoms. The van der Waals surface area contributed by atoms with Gasteiger partial charge < -0.3 is 39.2 Å². The van der Waals surface area contributed by atoms with Crippen LogP contribution in [0.25, 0.3) is 0 Å². The number of amides is 1. The molecule has 0 radical (unpaired) electrons. The van der Waals surface area contributed by atoms with E-state index in [9.17, 15) is 43.4 Å². The molecule has 0 aromatic heterocycles. The maximum atomic E-state index is 14.3. The van der Waals surface area contributed by atoms with Gasteiger partial charge in [0.25, 0.3) is 11.7 Å². The number of allylic oxidation sites excluding steroid dienone is 4. The van der Waals surface area contributed by atoms with E-state index in [1.807, 2.05) is 0 Å². The van der Waals surface area contributed by atoms with Gasteiger partial charge in [-0.1, -0.05) is 45.9 Å². The summed E-state index contributed by atoms with van der Waals surface area (Å²) in [5, 5.41) is 25.2. The summed E-state index contributed by atoms with van der Waals surface area (Å²) < 4.78 is 42.9. The van der Waals surface area contributed by atoms with E-state index in [0.29, 0.717) is 0 Å². The molecule has 15 heteroatoms. The van der Waals surface area contributed by atoms with Crippen molar-refractivity contribution in [3.05, 3.63) is 106 Å². The molecule has 2 aromatic carbocycles. The van der Waals surface area contributed by atoms with E-state index in [-0.39, 0.29) is 28.0 Å². The molecule has 3 N–H and O–H groups in total. The van der Waals surface area contributed by atoms with Crippen molar-refractivity contribution in [1.29, 1.82) is 0 Å². The molecule has 5 bridgehead atoms. The van der Waals surface area contributed by atoms with E-state index in [4.69, 9.17) is 23.7 Å². The highest BCUT2D eigenvalue weighted by atomic mass is 19.1.